The van der Waals surface area contributed by atoms with Gasteiger partial charge in [0.2, 0.25) is 11.8 Å². The van der Waals surface area contributed by atoms with Gasteiger partial charge in [0, 0.05) is 24.5 Å². The summed E-state index contributed by atoms with van der Waals surface area (Å²) in [6.07, 6.45) is 4.66. The maximum Gasteiger partial charge on any atom is 0.227 e. The molecule has 1 heterocycles. The largest absolute Gasteiger partial charge is 0.495 e. The lowest BCUT2D eigenvalue weighted by atomic mass is 9.85. The summed E-state index contributed by atoms with van der Waals surface area (Å²) < 4.78 is 5.31. The molecule has 1 aliphatic carbocycles. The van der Waals surface area contributed by atoms with Crippen LogP contribution in [-0.4, -0.2) is 42.7 Å². The molecule has 2 N–H and O–H groups in total. The van der Waals surface area contributed by atoms with Gasteiger partial charge in [0.25, 0.3) is 0 Å². The van der Waals surface area contributed by atoms with Gasteiger partial charge in [-0.3, -0.25) is 9.59 Å². The molecule has 2 aliphatic rings. The van der Waals surface area contributed by atoms with Crippen LogP contribution >= 0.6 is 11.6 Å². The van der Waals surface area contributed by atoms with Crippen molar-refractivity contribution in [2.45, 2.75) is 44.1 Å². The molecule has 1 aromatic carbocycles. The van der Waals surface area contributed by atoms with Gasteiger partial charge < -0.3 is 20.1 Å². The van der Waals surface area contributed by atoms with E-state index in [0.29, 0.717) is 29.3 Å². The van der Waals surface area contributed by atoms with Crippen LogP contribution in [0.5, 0.6) is 5.75 Å². The highest BCUT2D eigenvalue weighted by Gasteiger charge is 2.37. The van der Waals surface area contributed by atoms with Crippen LogP contribution in [0, 0.1) is 5.92 Å². The molecule has 0 bridgehead atoms. The number of ether oxygens (including phenoxy) is 1. The van der Waals surface area contributed by atoms with Crippen LogP contribution < -0.4 is 15.0 Å². The Balaban J connectivity index is 1.64. The fourth-order valence-electron chi connectivity index (χ4n) is 3.77. The number of nitrogens with zero attached hydrogens (tertiary/aromatic N) is 1. The number of rotatable bonds is 5. The van der Waals surface area contributed by atoms with Crippen molar-refractivity contribution in [3.8, 4) is 5.75 Å². The Bertz CT molecular complexity index is 688. The summed E-state index contributed by atoms with van der Waals surface area (Å²) in [5.74, 6) is -0.235. The third-order valence-electron chi connectivity index (χ3n) is 5.30. The summed E-state index contributed by atoms with van der Waals surface area (Å²) in [6.45, 7) is 0.525. The van der Waals surface area contributed by atoms with Crippen molar-refractivity contribution in [1.82, 2.24) is 5.32 Å². The van der Waals surface area contributed by atoms with E-state index in [1.165, 1.54) is 7.11 Å². The molecule has 1 saturated heterocycles. The Labute approximate surface area is 158 Å². The van der Waals surface area contributed by atoms with Gasteiger partial charge in [-0.25, -0.2) is 0 Å². The molecular formula is C19H25ClN2O4. The van der Waals surface area contributed by atoms with Crippen molar-refractivity contribution >= 4 is 29.1 Å². The van der Waals surface area contributed by atoms with E-state index in [0.717, 1.165) is 19.3 Å². The highest BCUT2D eigenvalue weighted by Crippen LogP contribution is 2.35. The minimum Gasteiger partial charge on any atom is -0.495 e. The third-order valence-corrected chi connectivity index (χ3v) is 5.54. The average molecular weight is 381 g/mol. The smallest absolute Gasteiger partial charge is 0.227 e. The summed E-state index contributed by atoms with van der Waals surface area (Å²) >= 11 is 6.05. The van der Waals surface area contributed by atoms with Crippen molar-refractivity contribution in [1.29, 1.82) is 0 Å². The van der Waals surface area contributed by atoms with Crippen molar-refractivity contribution in [3.05, 3.63) is 23.2 Å². The zero-order chi connectivity index (χ0) is 18.7. The van der Waals surface area contributed by atoms with E-state index in [2.05, 4.69) is 5.32 Å². The first-order valence-electron chi connectivity index (χ1n) is 9.06. The van der Waals surface area contributed by atoms with Gasteiger partial charge in [0.15, 0.2) is 0 Å². The normalized spacial score (nSPS) is 22.3. The van der Waals surface area contributed by atoms with Gasteiger partial charge in [-0.1, -0.05) is 30.9 Å². The van der Waals surface area contributed by atoms with Gasteiger partial charge >= 0.3 is 0 Å². The number of carbonyl (C=O) groups excluding carboxylic acids is 2. The summed E-state index contributed by atoms with van der Waals surface area (Å²) in [7, 11) is 1.53. The Morgan fingerprint density at radius 1 is 1.38 bits per heavy atom. The summed E-state index contributed by atoms with van der Waals surface area (Å²) in [5, 5.41) is 13.9. The van der Waals surface area contributed by atoms with Crippen LogP contribution in [0.2, 0.25) is 5.02 Å². The van der Waals surface area contributed by atoms with E-state index < -0.39 is 11.5 Å². The lowest BCUT2D eigenvalue weighted by Crippen LogP contribution is -2.46. The lowest BCUT2D eigenvalue weighted by Gasteiger charge is -2.32. The molecule has 1 saturated carbocycles. The number of nitrogens with one attached hydrogen (secondary N) is 1. The van der Waals surface area contributed by atoms with E-state index in [1.54, 1.807) is 23.1 Å². The van der Waals surface area contributed by atoms with Gasteiger partial charge in [0.05, 0.1) is 24.3 Å². The van der Waals surface area contributed by atoms with Gasteiger partial charge in [-0.15, -0.1) is 0 Å². The first-order chi connectivity index (χ1) is 12.4. The highest BCUT2D eigenvalue weighted by molar-refractivity contribution is 6.31. The average Bonchev–Trinajstić information content (AvgIpc) is 3.02. The van der Waals surface area contributed by atoms with Gasteiger partial charge in [-0.2, -0.15) is 0 Å². The molecule has 7 heteroatoms. The zero-order valence-corrected chi connectivity index (χ0v) is 15.7. The number of aliphatic hydroxyl groups is 1. The minimum atomic E-state index is -0.813. The standard InChI is InChI=1S/C19H25ClN2O4/c1-26-16-6-5-14(20)10-15(16)22-11-13(9-17(22)23)18(24)21-12-19(25)7-3-2-4-8-19/h5-6,10,13,25H,2-4,7-9,11-12H2,1H3,(H,21,24)/t13-/m1/s1. The number of anilines is 1. The molecule has 0 aromatic heterocycles. The number of benzene rings is 1. The van der Waals surface area contributed by atoms with E-state index in [1.807, 2.05) is 0 Å². The van der Waals surface area contributed by atoms with Crippen molar-refractivity contribution < 1.29 is 19.4 Å². The predicted molar refractivity (Wildman–Crippen MR) is 99.5 cm³/mol. The van der Waals surface area contributed by atoms with E-state index in [4.69, 9.17) is 16.3 Å². The molecular weight excluding hydrogens is 356 g/mol. The second kappa shape index (κ2) is 7.84. The monoisotopic (exact) mass is 380 g/mol. The SMILES string of the molecule is COc1ccc(Cl)cc1N1C[C@H](C(=O)NCC2(O)CCCCC2)CC1=O. The Morgan fingerprint density at radius 3 is 2.81 bits per heavy atom. The topological polar surface area (TPSA) is 78.9 Å². The van der Waals surface area contributed by atoms with E-state index in [9.17, 15) is 14.7 Å². The molecule has 0 unspecified atom stereocenters. The summed E-state index contributed by atoms with van der Waals surface area (Å²) in [6, 6.07) is 5.07. The second-order valence-corrected chi connectivity index (χ2v) is 7.66. The van der Waals surface area contributed by atoms with Crippen LogP contribution in [0.4, 0.5) is 5.69 Å². The molecule has 2 amide bonds. The van der Waals surface area contributed by atoms with Crippen LogP contribution in [0.25, 0.3) is 0 Å². The molecule has 3 rings (SSSR count). The van der Waals surface area contributed by atoms with Crippen LogP contribution in [-0.2, 0) is 9.59 Å². The highest BCUT2D eigenvalue weighted by atomic mass is 35.5. The molecule has 26 heavy (non-hydrogen) atoms. The van der Waals surface area contributed by atoms with Crippen LogP contribution in [0.3, 0.4) is 0 Å². The van der Waals surface area contributed by atoms with Crippen LogP contribution in [0.1, 0.15) is 38.5 Å². The summed E-state index contributed by atoms with van der Waals surface area (Å²) in [4.78, 5) is 26.5. The second-order valence-electron chi connectivity index (χ2n) is 7.22. The van der Waals surface area contributed by atoms with Crippen molar-refractivity contribution in [2.24, 2.45) is 5.92 Å². The number of hydrogen-bond donors (Lipinski definition) is 2. The maximum atomic E-state index is 12.5. The van der Waals surface area contributed by atoms with E-state index >= 15 is 0 Å². The first kappa shape index (κ1) is 19.0. The third kappa shape index (κ3) is 4.13. The quantitative estimate of drug-likeness (QED) is 0.822. The molecule has 2 fully saturated rings. The molecule has 0 radical (unpaired) electrons. The van der Waals surface area contributed by atoms with E-state index in [-0.39, 0.29) is 31.3 Å². The number of methoxy groups -OCH3 is 1. The number of halogens is 1. The number of amides is 2. The predicted octanol–water partition coefficient (Wildman–Crippen LogP) is 2.51. The molecule has 1 aliphatic heterocycles. The molecule has 6 nitrogen and oxygen atoms in total. The van der Waals surface area contributed by atoms with Crippen molar-refractivity contribution in [2.75, 3.05) is 25.1 Å². The minimum absolute atomic E-state index is 0.137. The molecule has 1 aromatic rings. The zero-order valence-electron chi connectivity index (χ0n) is 15.0. The number of hydrogen-bond acceptors (Lipinski definition) is 4. The number of carbonyl (C=O) groups is 2. The van der Waals surface area contributed by atoms with Crippen molar-refractivity contribution in [3.63, 3.8) is 0 Å². The molecule has 0 spiro atoms. The molecule has 142 valence electrons. The van der Waals surface area contributed by atoms with Crippen LogP contribution in [0.15, 0.2) is 18.2 Å². The lowest BCUT2D eigenvalue weighted by molar-refractivity contribution is -0.127. The Kier molecular flexibility index (Phi) is 5.73. The molecule has 1 atom stereocenters. The Hall–Kier alpha value is -1.79. The van der Waals surface area contributed by atoms with Gasteiger partial charge in [-0.05, 0) is 31.0 Å². The van der Waals surface area contributed by atoms with Gasteiger partial charge in [0.1, 0.15) is 5.75 Å². The maximum absolute atomic E-state index is 12.5. The fraction of sp³-hybridized carbons (Fsp3) is 0.579. The Morgan fingerprint density at radius 2 is 2.12 bits per heavy atom. The fourth-order valence-corrected chi connectivity index (χ4v) is 3.94. The first-order valence-corrected chi connectivity index (χ1v) is 9.44. The summed E-state index contributed by atoms with van der Waals surface area (Å²) in [5.41, 5.74) is -0.238.